The summed E-state index contributed by atoms with van der Waals surface area (Å²) >= 11 is 0. The molecule has 3 nitrogen and oxygen atoms in total. The molecule has 0 aliphatic carbocycles. The molecule has 3 aromatic rings. The second kappa shape index (κ2) is 9.57. The molecule has 164 valence electrons. The summed E-state index contributed by atoms with van der Waals surface area (Å²) in [7, 11) is 3.34. The zero-order valence-electron chi connectivity index (χ0n) is 19.5. The van der Waals surface area contributed by atoms with Gasteiger partial charge >= 0.3 is 0 Å². The maximum absolute atomic E-state index is 12.1. The number of aryl methyl sites for hydroxylation is 2. The highest BCUT2D eigenvalue weighted by molar-refractivity contribution is 5.52. The van der Waals surface area contributed by atoms with E-state index in [1.807, 2.05) is 12.1 Å². The van der Waals surface area contributed by atoms with E-state index in [1.165, 1.54) is 11.1 Å². The second-order valence-corrected chi connectivity index (χ2v) is 8.81. The lowest BCUT2D eigenvalue weighted by molar-refractivity contribution is 0.0366. The van der Waals surface area contributed by atoms with Crippen LogP contribution < -0.4 is 9.47 Å². The average Bonchev–Trinajstić information content (AvgIpc) is 2.75. The molecular formula is C28H34O3. The van der Waals surface area contributed by atoms with Crippen LogP contribution in [0, 0.1) is 13.8 Å². The summed E-state index contributed by atoms with van der Waals surface area (Å²) in [6.07, 6.45) is 0.989. The summed E-state index contributed by atoms with van der Waals surface area (Å²) in [5.41, 5.74) is 5.29. The Bertz CT molecular complexity index is 929. The largest absolute Gasteiger partial charge is 0.496 e. The van der Waals surface area contributed by atoms with Crippen molar-refractivity contribution in [1.82, 2.24) is 0 Å². The molecule has 1 N–H and O–H groups in total. The van der Waals surface area contributed by atoms with Crippen molar-refractivity contribution in [2.45, 2.75) is 52.1 Å². The van der Waals surface area contributed by atoms with Crippen molar-refractivity contribution in [3.05, 3.63) is 94.0 Å². The van der Waals surface area contributed by atoms with Crippen LogP contribution in [0.2, 0.25) is 0 Å². The molecule has 0 spiro atoms. The number of benzene rings is 3. The van der Waals surface area contributed by atoms with Gasteiger partial charge in [0.05, 0.1) is 19.8 Å². The van der Waals surface area contributed by atoms with E-state index in [1.54, 1.807) is 14.2 Å². The Hall–Kier alpha value is -2.78. The summed E-state index contributed by atoms with van der Waals surface area (Å²) in [5, 5.41) is 12.1. The third-order valence-electron chi connectivity index (χ3n) is 5.89. The normalized spacial score (nSPS) is 11.6. The SMILES string of the molecule is COc1cc(C(O)(Cc2ccc(C)cc2)Cc2ccc(C)cc2)cc(OC)c1C(C)C. The summed E-state index contributed by atoms with van der Waals surface area (Å²) in [6.45, 7) is 8.38. The first-order chi connectivity index (χ1) is 14.8. The van der Waals surface area contributed by atoms with Gasteiger partial charge in [-0.15, -0.1) is 0 Å². The van der Waals surface area contributed by atoms with Crippen molar-refractivity contribution in [3.63, 3.8) is 0 Å². The van der Waals surface area contributed by atoms with Crippen LogP contribution in [-0.4, -0.2) is 19.3 Å². The molecule has 0 unspecified atom stereocenters. The lowest BCUT2D eigenvalue weighted by atomic mass is 9.80. The van der Waals surface area contributed by atoms with Crippen LogP contribution in [0.1, 0.15) is 53.1 Å². The van der Waals surface area contributed by atoms with Gasteiger partial charge in [0.15, 0.2) is 0 Å². The van der Waals surface area contributed by atoms with E-state index >= 15 is 0 Å². The quantitative estimate of drug-likeness (QED) is 0.479. The Labute approximate surface area is 186 Å². The molecule has 0 atom stereocenters. The molecule has 0 amide bonds. The molecule has 3 rings (SSSR count). The number of hydrogen-bond acceptors (Lipinski definition) is 3. The number of aliphatic hydroxyl groups is 1. The zero-order valence-corrected chi connectivity index (χ0v) is 19.5. The minimum absolute atomic E-state index is 0.237. The van der Waals surface area contributed by atoms with Crippen molar-refractivity contribution < 1.29 is 14.6 Å². The van der Waals surface area contributed by atoms with E-state index in [0.29, 0.717) is 12.8 Å². The van der Waals surface area contributed by atoms with Gasteiger partial charge in [-0.2, -0.15) is 0 Å². The van der Waals surface area contributed by atoms with Gasteiger partial charge in [-0.3, -0.25) is 0 Å². The highest BCUT2D eigenvalue weighted by Gasteiger charge is 2.32. The number of rotatable bonds is 8. The van der Waals surface area contributed by atoms with Crippen molar-refractivity contribution in [2.24, 2.45) is 0 Å². The van der Waals surface area contributed by atoms with Crippen LogP contribution in [0.25, 0.3) is 0 Å². The Kier molecular flexibility index (Phi) is 7.07. The monoisotopic (exact) mass is 418 g/mol. The number of hydrogen-bond donors (Lipinski definition) is 1. The van der Waals surface area contributed by atoms with E-state index in [0.717, 1.165) is 33.8 Å². The topological polar surface area (TPSA) is 38.7 Å². The van der Waals surface area contributed by atoms with Gasteiger partial charge in [0, 0.05) is 18.4 Å². The molecule has 3 heteroatoms. The Morgan fingerprint density at radius 2 is 1.13 bits per heavy atom. The van der Waals surface area contributed by atoms with Crippen LogP contribution in [0.5, 0.6) is 11.5 Å². The number of methoxy groups -OCH3 is 2. The molecule has 3 aromatic carbocycles. The average molecular weight is 419 g/mol. The van der Waals surface area contributed by atoms with Crippen LogP contribution in [-0.2, 0) is 18.4 Å². The van der Waals surface area contributed by atoms with Gasteiger partial charge < -0.3 is 14.6 Å². The minimum atomic E-state index is -1.11. The summed E-state index contributed by atoms with van der Waals surface area (Å²) < 4.78 is 11.5. The molecule has 0 heterocycles. The Morgan fingerprint density at radius 1 is 0.742 bits per heavy atom. The predicted molar refractivity (Wildman–Crippen MR) is 127 cm³/mol. The minimum Gasteiger partial charge on any atom is -0.496 e. The summed E-state index contributed by atoms with van der Waals surface area (Å²) in [6, 6.07) is 20.7. The Balaban J connectivity index is 2.12. The third kappa shape index (κ3) is 5.29. The smallest absolute Gasteiger partial charge is 0.126 e. The van der Waals surface area contributed by atoms with Gasteiger partial charge in [0.1, 0.15) is 11.5 Å². The van der Waals surface area contributed by atoms with Gasteiger partial charge in [0.25, 0.3) is 0 Å². The lowest BCUT2D eigenvalue weighted by Crippen LogP contribution is -2.31. The highest BCUT2D eigenvalue weighted by atomic mass is 16.5. The summed E-state index contributed by atoms with van der Waals surface area (Å²) in [4.78, 5) is 0. The van der Waals surface area contributed by atoms with Gasteiger partial charge in [-0.1, -0.05) is 73.5 Å². The van der Waals surface area contributed by atoms with Crippen molar-refractivity contribution in [3.8, 4) is 11.5 Å². The van der Waals surface area contributed by atoms with Gasteiger partial charge in [-0.05, 0) is 48.6 Å². The zero-order chi connectivity index (χ0) is 22.6. The molecule has 0 bridgehead atoms. The molecule has 0 aliphatic heterocycles. The van der Waals surface area contributed by atoms with E-state index in [4.69, 9.17) is 9.47 Å². The predicted octanol–water partition coefficient (Wildman–Crippen LogP) is 6.12. The van der Waals surface area contributed by atoms with Crippen LogP contribution in [0.4, 0.5) is 0 Å². The van der Waals surface area contributed by atoms with Crippen LogP contribution in [0.3, 0.4) is 0 Å². The fourth-order valence-corrected chi connectivity index (χ4v) is 4.13. The first-order valence-corrected chi connectivity index (χ1v) is 10.9. The van der Waals surface area contributed by atoms with Crippen molar-refractivity contribution in [2.75, 3.05) is 14.2 Å². The fraction of sp³-hybridized carbons (Fsp3) is 0.357. The molecule has 0 aliphatic rings. The van der Waals surface area contributed by atoms with Crippen molar-refractivity contribution >= 4 is 0 Å². The number of ether oxygens (including phenoxy) is 2. The van der Waals surface area contributed by atoms with E-state index in [9.17, 15) is 5.11 Å². The lowest BCUT2D eigenvalue weighted by Gasteiger charge is -2.31. The van der Waals surface area contributed by atoms with Crippen LogP contribution >= 0.6 is 0 Å². The molecule has 0 saturated carbocycles. The maximum Gasteiger partial charge on any atom is 0.126 e. The first kappa shape index (κ1) is 22.9. The fourth-order valence-electron chi connectivity index (χ4n) is 4.13. The second-order valence-electron chi connectivity index (χ2n) is 8.81. The van der Waals surface area contributed by atoms with Crippen molar-refractivity contribution in [1.29, 1.82) is 0 Å². The third-order valence-corrected chi connectivity index (χ3v) is 5.89. The molecular weight excluding hydrogens is 384 g/mol. The summed E-state index contributed by atoms with van der Waals surface area (Å²) in [5.74, 6) is 1.73. The molecule has 0 aromatic heterocycles. The molecule has 31 heavy (non-hydrogen) atoms. The first-order valence-electron chi connectivity index (χ1n) is 10.9. The molecule has 0 saturated heterocycles. The van der Waals surface area contributed by atoms with E-state index in [-0.39, 0.29) is 5.92 Å². The molecule has 0 fully saturated rings. The standard InChI is InChI=1S/C28H34O3/c1-19(2)27-25(30-5)15-24(16-26(27)31-6)28(29,17-22-11-7-20(3)8-12-22)18-23-13-9-21(4)10-14-23/h7-16,19,29H,17-18H2,1-6H3. The van der Waals surface area contributed by atoms with E-state index in [2.05, 4.69) is 76.2 Å². The molecule has 0 radical (unpaired) electrons. The van der Waals surface area contributed by atoms with E-state index < -0.39 is 5.60 Å². The van der Waals surface area contributed by atoms with Crippen LogP contribution in [0.15, 0.2) is 60.7 Å². The Morgan fingerprint density at radius 3 is 1.45 bits per heavy atom. The van der Waals surface area contributed by atoms with Gasteiger partial charge in [-0.25, -0.2) is 0 Å². The maximum atomic E-state index is 12.1. The van der Waals surface area contributed by atoms with Gasteiger partial charge in [0.2, 0.25) is 0 Å². The highest BCUT2D eigenvalue weighted by Crippen LogP contribution is 2.41.